The van der Waals surface area contributed by atoms with Gasteiger partial charge in [-0.15, -0.1) is 0 Å². The summed E-state index contributed by atoms with van der Waals surface area (Å²) in [5.41, 5.74) is 0. The molecular weight excluding hydrogens is 170 g/mol. The molecule has 1 rings (SSSR count). The summed E-state index contributed by atoms with van der Waals surface area (Å²) in [4.78, 5) is 2.36. The van der Waals surface area contributed by atoms with Crippen molar-refractivity contribution >= 4 is 11.8 Å². The predicted molar refractivity (Wildman–Crippen MR) is 54.7 cm³/mol. The van der Waals surface area contributed by atoms with E-state index in [1.54, 1.807) is 0 Å². The lowest BCUT2D eigenvalue weighted by atomic mass is 10.1. The summed E-state index contributed by atoms with van der Waals surface area (Å²) in [6.45, 7) is 5.04. The Morgan fingerprint density at radius 1 is 1.50 bits per heavy atom. The zero-order valence-corrected chi connectivity index (χ0v) is 8.81. The third-order valence-electron chi connectivity index (χ3n) is 2.39. The van der Waals surface area contributed by atoms with E-state index in [1.165, 1.54) is 12.8 Å². The van der Waals surface area contributed by atoms with Gasteiger partial charge in [0.05, 0.1) is 6.10 Å². The van der Waals surface area contributed by atoms with Crippen LogP contribution in [0.25, 0.3) is 0 Å². The Kier molecular flexibility index (Phi) is 4.40. The Morgan fingerprint density at radius 2 is 2.08 bits per heavy atom. The highest BCUT2D eigenvalue weighted by molar-refractivity contribution is 7.99. The number of nitrogens with zero attached hydrogens (tertiary/aromatic N) is 1. The lowest BCUT2D eigenvalue weighted by molar-refractivity contribution is 0.115. The first-order valence-corrected chi connectivity index (χ1v) is 5.94. The second-order valence-corrected chi connectivity index (χ2v) is 4.72. The lowest BCUT2D eigenvalue weighted by Gasteiger charge is -2.31. The smallest absolute Gasteiger partial charge is 0.0639 e. The topological polar surface area (TPSA) is 23.5 Å². The minimum absolute atomic E-state index is 0.171. The van der Waals surface area contributed by atoms with Crippen molar-refractivity contribution in [3.8, 4) is 0 Å². The van der Waals surface area contributed by atoms with E-state index in [0.29, 0.717) is 0 Å². The molecule has 0 saturated carbocycles. The van der Waals surface area contributed by atoms with Crippen LogP contribution in [-0.2, 0) is 0 Å². The van der Waals surface area contributed by atoms with Gasteiger partial charge < -0.3 is 10.0 Å². The molecule has 12 heavy (non-hydrogen) atoms. The first-order chi connectivity index (χ1) is 5.72. The first-order valence-electron chi connectivity index (χ1n) is 4.65. The number of likely N-dealkylation sites (tertiary alicyclic amines) is 1. The zero-order chi connectivity index (χ0) is 8.97. The average Bonchev–Trinajstić information content (AvgIpc) is 2.05. The normalized spacial score (nSPS) is 24.2. The van der Waals surface area contributed by atoms with Crippen molar-refractivity contribution < 1.29 is 5.11 Å². The third kappa shape index (κ3) is 3.33. The first kappa shape index (κ1) is 10.4. The summed E-state index contributed by atoms with van der Waals surface area (Å²) in [5, 5.41) is 10.0. The van der Waals surface area contributed by atoms with Crippen LogP contribution in [0.15, 0.2) is 0 Å². The fourth-order valence-electron chi connectivity index (χ4n) is 1.70. The molecule has 0 radical (unpaired) electrons. The van der Waals surface area contributed by atoms with Gasteiger partial charge in [-0.05, 0) is 39.1 Å². The highest BCUT2D eigenvalue weighted by Gasteiger charge is 2.18. The van der Waals surface area contributed by atoms with Crippen LogP contribution >= 0.6 is 11.8 Å². The van der Waals surface area contributed by atoms with Crippen molar-refractivity contribution in [2.75, 3.05) is 25.9 Å². The molecule has 72 valence electrons. The Balaban J connectivity index is 2.17. The number of aliphatic hydroxyl groups excluding tert-OH is 1. The standard InChI is InChI=1S/C9H19NOS/c1-8(11)7-10-5-3-9(12-2)4-6-10/h8-9,11H,3-7H2,1-2H3/t8-/m0/s1. The zero-order valence-electron chi connectivity index (χ0n) is 7.99. The van der Waals surface area contributed by atoms with Crippen molar-refractivity contribution in [2.45, 2.75) is 31.1 Å². The molecule has 0 aromatic heterocycles. The van der Waals surface area contributed by atoms with Gasteiger partial charge in [0, 0.05) is 11.8 Å². The molecule has 0 aliphatic carbocycles. The number of hydrogen-bond acceptors (Lipinski definition) is 3. The number of hydrogen-bond donors (Lipinski definition) is 1. The van der Waals surface area contributed by atoms with Crippen LogP contribution in [-0.4, -0.2) is 47.3 Å². The number of piperidine rings is 1. The van der Waals surface area contributed by atoms with Gasteiger partial charge in [-0.1, -0.05) is 0 Å². The quantitative estimate of drug-likeness (QED) is 0.721. The van der Waals surface area contributed by atoms with Crippen molar-refractivity contribution in [1.29, 1.82) is 0 Å². The summed E-state index contributed by atoms with van der Waals surface area (Å²) in [6.07, 6.45) is 4.59. The monoisotopic (exact) mass is 189 g/mol. The lowest BCUT2D eigenvalue weighted by Crippen LogP contribution is -2.38. The molecule has 1 heterocycles. The highest BCUT2D eigenvalue weighted by Crippen LogP contribution is 2.20. The van der Waals surface area contributed by atoms with E-state index in [1.807, 2.05) is 18.7 Å². The molecule has 1 fully saturated rings. The molecule has 1 N–H and O–H groups in total. The SMILES string of the molecule is CSC1CCN(C[C@H](C)O)CC1. The van der Waals surface area contributed by atoms with E-state index >= 15 is 0 Å². The molecule has 1 aliphatic heterocycles. The molecule has 3 heteroatoms. The minimum Gasteiger partial charge on any atom is -0.392 e. The summed E-state index contributed by atoms with van der Waals surface area (Å²) in [6, 6.07) is 0. The molecule has 2 nitrogen and oxygen atoms in total. The second kappa shape index (κ2) is 5.10. The largest absolute Gasteiger partial charge is 0.392 e. The summed E-state index contributed by atoms with van der Waals surface area (Å²) >= 11 is 1.98. The van der Waals surface area contributed by atoms with Gasteiger partial charge in [-0.3, -0.25) is 0 Å². The Bertz CT molecular complexity index is 122. The number of thioether (sulfide) groups is 1. The average molecular weight is 189 g/mol. The van der Waals surface area contributed by atoms with E-state index in [4.69, 9.17) is 0 Å². The van der Waals surface area contributed by atoms with Crippen LogP contribution in [0.3, 0.4) is 0 Å². The summed E-state index contributed by atoms with van der Waals surface area (Å²) in [5.74, 6) is 0. The van der Waals surface area contributed by atoms with E-state index < -0.39 is 0 Å². The molecule has 0 bridgehead atoms. The number of rotatable bonds is 3. The van der Waals surface area contributed by atoms with Crippen LogP contribution < -0.4 is 0 Å². The maximum Gasteiger partial charge on any atom is 0.0639 e. The minimum atomic E-state index is -0.171. The maximum atomic E-state index is 9.18. The van der Waals surface area contributed by atoms with Gasteiger partial charge >= 0.3 is 0 Å². The molecule has 1 saturated heterocycles. The highest BCUT2D eigenvalue weighted by atomic mass is 32.2. The maximum absolute atomic E-state index is 9.18. The third-order valence-corrected chi connectivity index (χ3v) is 3.53. The van der Waals surface area contributed by atoms with Gasteiger partial charge in [0.2, 0.25) is 0 Å². The molecule has 0 aromatic rings. The van der Waals surface area contributed by atoms with Crippen molar-refractivity contribution in [1.82, 2.24) is 4.90 Å². The van der Waals surface area contributed by atoms with E-state index in [9.17, 15) is 5.11 Å². The molecule has 1 atom stereocenters. The van der Waals surface area contributed by atoms with Gasteiger partial charge in [-0.25, -0.2) is 0 Å². The van der Waals surface area contributed by atoms with Crippen molar-refractivity contribution in [2.24, 2.45) is 0 Å². The van der Waals surface area contributed by atoms with Crippen LogP contribution in [0.5, 0.6) is 0 Å². The fraction of sp³-hybridized carbons (Fsp3) is 1.00. The molecule has 0 unspecified atom stereocenters. The fourth-order valence-corrected chi connectivity index (χ4v) is 2.38. The van der Waals surface area contributed by atoms with Gasteiger partial charge in [-0.2, -0.15) is 11.8 Å². The van der Waals surface area contributed by atoms with Crippen LogP contribution in [0.4, 0.5) is 0 Å². The Labute approximate surface area is 79.3 Å². The summed E-state index contributed by atoms with van der Waals surface area (Å²) < 4.78 is 0. The Hall–Kier alpha value is 0.270. The predicted octanol–water partition coefficient (Wildman–Crippen LogP) is 1.19. The van der Waals surface area contributed by atoms with E-state index in [-0.39, 0.29) is 6.10 Å². The van der Waals surface area contributed by atoms with Crippen LogP contribution in [0.1, 0.15) is 19.8 Å². The van der Waals surface area contributed by atoms with Gasteiger partial charge in [0.25, 0.3) is 0 Å². The van der Waals surface area contributed by atoms with Crippen LogP contribution in [0, 0.1) is 0 Å². The van der Waals surface area contributed by atoms with E-state index in [2.05, 4.69) is 11.2 Å². The van der Waals surface area contributed by atoms with Crippen LogP contribution in [0.2, 0.25) is 0 Å². The molecule has 0 amide bonds. The number of aliphatic hydroxyl groups is 1. The molecule has 0 aromatic carbocycles. The molecular formula is C9H19NOS. The molecule has 1 aliphatic rings. The van der Waals surface area contributed by atoms with Gasteiger partial charge in [0.1, 0.15) is 0 Å². The van der Waals surface area contributed by atoms with E-state index in [0.717, 1.165) is 24.9 Å². The summed E-state index contributed by atoms with van der Waals surface area (Å²) in [7, 11) is 0. The number of β-amino-alcohol motifs (C(OH)–C–C–N with tert-alkyl or cyclic N) is 1. The second-order valence-electron chi connectivity index (χ2n) is 3.58. The Morgan fingerprint density at radius 3 is 2.50 bits per heavy atom. The van der Waals surface area contributed by atoms with Crippen molar-refractivity contribution in [3.05, 3.63) is 0 Å². The van der Waals surface area contributed by atoms with Gasteiger partial charge in [0.15, 0.2) is 0 Å². The van der Waals surface area contributed by atoms with Crippen molar-refractivity contribution in [3.63, 3.8) is 0 Å². The molecule has 0 spiro atoms.